The SMILES string of the molecule is CNCc1ccc(S(=O)(=O)NC2CC(C)CC(C)C2)nc1. The fraction of sp³-hybridized carbons (Fsp3) is 0.667. The van der Waals surface area contributed by atoms with E-state index in [0.29, 0.717) is 18.4 Å². The van der Waals surface area contributed by atoms with Crippen LogP contribution in [0, 0.1) is 11.8 Å². The Morgan fingerprint density at radius 2 is 1.86 bits per heavy atom. The van der Waals surface area contributed by atoms with Gasteiger partial charge in [-0.05, 0) is 49.8 Å². The summed E-state index contributed by atoms with van der Waals surface area (Å²) >= 11 is 0. The van der Waals surface area contributed by atoms with Gasteiger partial charge in [0.2, 0.25) is 0 Å². The van der Waals surface area contributed by atoms with Crippen molar-refractivity contribution in [2.24, 2.45) is 11.8 Å². The molecule has 2 N–H and O–H groups in total. The van der Waals surface area contributed by atoms with Crippen molar-refractivity contribution in [1.82, 2.24) is 15.0 Å². The van der Waals surface area contributed by atoms with Gasteiger partial charge in [0.05, 0.1) is 0 Å². The maximum absolute atomic E-state index is 12.4. The van der Waals surface area contributed by atoms with Crippen molar-refractivity contribution < 1.29 is 8.42 Å². The van der Waals surface area contributed by atoms with Crippen LogP contribution in [0.3, 0.4) is 0 Å². The second-order valence-corrected chi connectivity index (χ2v) is 7.93. The minimum atomic E-state index is -3.52. The highest BCUT2D eigenvalue weighted by Crippen LogP contribution is 2.29. The number of hydrogen-bond donors (Lipinski definition) is 2. The summed E-state index contributed by atoms with van der Waals surface area (Å²) in [5, 5.41) is 3.12. The quantitative estimate of drug-likeness (QED) is 0.871. The van der Waals surface area contributed by atoms with Crippen molar-refractivity contribution in [1.29, 1.82) is 0 Å². The molecule has 1 aliphatic rings. The number of rotatable bonds is 5. The molecule has 0 saturated heterocycles. The molecule has 1 aromatic rings. The molecule has 1 saturated carbocycles. The Kier molecular flexibility index (Phi) is 5.35. The Labute approximate surface area is 127 Å². The van der Waals surface area contributed by atoms with Gasteiger partial charge < -0.3 is 5.32 Å². The third kappa shape index (κ3) is 4.49. The Morgan fingerprint density at radius 1 is 1.19 bits per heavy atom. The molecule has 0 aliphatic heterocycles. The van der Waals surface area contributed by atoms with E-state index in [9.17, 15) is 8.42 Å². The average molecular weight is 311 g/mol. The molecule has 0 aromatic carbocycles. The van der Waals surface area contributed by atoms with E-state index in [0.717, 1.165) is 18.4 Å². The van der Waals surface area contributed by atoms with Crippen LogP contribution in [-0.2, 0) is 16.6 Å². The minimum absolute atomic E-state index is 0.0209. The molecule has 6 heteroatoms. The van der Waals surface area contributed by atoms with Crippen LogP contribution in [0.4, 0.5) is 0 Å². The first-order valence-electron chi connectivity index (χ1n) is 7.52. The van der Waals surface area contributed by atoms with E-state index in [4.69, 9.17) is 0 Å². The molecule has 2 rings (SSSR count). The monoisotopic (exact) mass is 311 g/mol. The summed E-state index contributed by atoms with van der Waals surface area (Å²) in [4.78, 5) is 4.08. The van der Waals surface area contributed by atoms with Gasteiger partial charge in [-0.1, -0.05) is 19.9 Å². The van der Waals surface area contributed by atoms with E-state index in [1.54, 1.807) is 18.3 Å². The van der Waals surface area contributed by atoms with Crippen molar-refractivity contribution in [3.05, 3.63) is 23.9 Å². The average Bonchev–Trinajstić information content (AvgIpc) is 2.38. The number of sulfonamides is 1. The maximum atomic E-state index is 12.4. The molecule has 2 unspecified atom stereocenters. The lowest BCUT2D eigenvalue weighted by Gasteiger charge is -2.31. The molecular formula is C15H25N3O2S. The van der Waals surface area contributed by atoms with E-state index in [1.807, 2.05) is 7.05 Å². The van der Waals surface area contributed by atoms with Crippen molar-refractivity contribution in [2.45, 2.75) is 50.7 Å². The molecule has 0 spiro atoms. The zero-order valence-electron chi connectivity index (χ0n) is 13.0. The number of aromatic nitrogens is 1. The first-order chi connectivity index (χ1) is 9.90. The molecule has 1 fully saturated rings. The fourth-order valence-electron chi connectivity index (χ4n) is 3.20. The Morgan fingerprint density at radius 3 is 2.38 bits per heavy atom. The van der Waals surface area contributed by atoms with Crippen molar-refractivity contribution in [2.75, 3.05) is 7.05 Å². The van der Waals surface area contributed by atoms with Crippen molar-refractivity contribution in [3.63, 3.8) is 0 Å². The predicted octanol–water partition coefficient (Wildman–Crippen LogP) is 1.90. The molecule has 118 valence electrons. The van der Waals surface area contributed by atoms with Crippen LogP contribution in [0.5, 0.6) is 0 Å². The molecular weight excluding hydrogens is 286 g/mol. The summed E-state index contributed by atoms with van der Waals surface area (Å²) in [6, 6.07) is 3.39. The fourth-order valence-corrected chi connectivity index (χ4v) is 4.39. The maximum Gasteiger partial charge on any atom is 0.258 e. The van der Waals surface area contributed by atoms with Crippen molar-refractivity contribution >= 4 is 10.0 Å². The normalized spacial score (nSPS) is 26.7. The number of pyridine rings is 1. The lowest BCUT2D eigenvalue weighted by Crippen LogP contribution is -2.40. The molecule has 2 atom stereocenters. The van der Waals surface area contributed by atoms with Gasteiger partial charge in [-0.3, -0.25) is 0 Å². The number of hydrogen-bond acceptors (Lipinski definition) is 4. The summed E-state index contributed by atoms with van der Waals surface area (Å²) in [7, 11) is -1.68. The second kappa shape index (κ2) is 6.85. The molecule has 21 heavy (non-hydrogen) atoms. The zero-order chi connectivity index (χ0) is 15.5. The third-order valence-corrected chi connectivity index (χ3v) is 5.39. The predicted molar refractivity (Wildman–Crippen MR) is 83.3 cm³/mol. The summed E-state index contributed by atoms with van der Waals surface area (Å²) in [6.45, 7) is 5.04. The van der Waals surface area contributed by atoms with Crippen LogP contribution in [0.15, 0.2) is 23.4 Å². The number of nitrogens with zero attached hydrogens (tertiary/aromatic N) is 1. The third-order valence-electron chi connectivity index (χ3n) is 3.95. The smallest absolute Gasteiger partial charge is 0.258 e. The van der Waals surface area contributed by atoms with E-state index in [2.05, 4.69) is 28.9 Å². The molecule has 0 bridgehead atoms. The molecule has 1 aliphatic carbocycles. The Balaban J connectivity index is 2.07. The lowest BCUT2D eigenvalue weighted by atomic mass is 9.81. The highest BCUT2D eigenvalue weighted by Gasteiger charge is 2.28. The Bertz CT molecular complexity index is 547. The molecule has 5 nitrogen and oxygen atoms in total. The van der Waals surface area contributed by atoms with Crippen LogP contribution >= 0.6 is 0 Å². The van der Waals surface area contributed by atoms with Gasteiger partial charge in [0, 0.05) is 18.8 Å². The summed E-state index contributed by atoms with van der Waals surface area (Å²) in [5.41, 5.74) is 0.969. The first kappa shape index (κ1) is 16.4. The van der Waals surface area contributed by atoms with Gasteiger partial charge >= 0.3 is 0 Å². The highest BCUT2D eigenvalue weighted by molar-refractivity contribution is 7.89. The molecule has 1 aromatic heterocycles. The molecule has 0 amide bonds. The number of nitrogens with one attached hydrogen (secondary N) is 2. The van der Waals surface area contributed by atoms with Crippen LogP contribution < -0.4 is 10.0 Å². The highest BCUT2D eigenvalue weighted by atomic mass is 32.2. The van der Waals surface area contributed by atoms with E-state index >= 15 is 0 Å². The van der Waals surface area contributed by atoms with Gasteiger partial charge in [0.15, 0.2) is 5.03 Å². The van der Waals surface area contributed by atoms with Gasteiger partial charge in [-0.15, -0.1) is 0 Å². The first-order valence-corrected chi connectivity index (χ1v) is 9.01. The molecule has 1 heterocycles. The summed E-state index contributed by atoms with van der Waals surface area (Å²) in [5.74, 6) is 1.12. The van der Waals surface area contributed by atoms with Gasteiger partial charge in [0.25, 0.3) is 10.0 Å². The Hall–Kier alpha value is -0.980. The van der Waals surface area contributed by atoms with E-state index in [-0.39, 0.29) is 11.1 Å². The van der Waals surface area contributed by atoms with Crippen LogP contribution in [0.1, 0.15) is 38.7 Å². The summed E-state index contributed by atoms with van der Waals surface area (Å²) in [6.07, 6.45) is 4.59. The topological polar surface area (TPSA) is 71.1 Å². The summed E-state index contributed by atoms with van der Waals surface area (Å²) < 4.78 is 27.6. The largest absolute Gasteiger partial charge is 0.316 e. The van der Waals surface area contributed by atoms with E-state index in [1.165, 1.54) is 6.42 Å². The minimum Gasteiger partial charge on any atom is -0.316 e. The van der Waals surface area contributed by atoms with Crippen LogP contribution in [-0.4, -0.2) is 26.5 Å². The van der Waals surface area contributed by atoms with Gasteiger partial charge in [0.1, 0.15) is 0 Å². The second-order valence-electron chi connectivity index (χ2n) is 6.27. The van der Waals surface area contributed by atoms with Gasteiger partial charge in [-0.25, -0.2) is 18.1 Å². The standard InChI is InChI=1S/C15H25N3O2S/c1-11-6-12(2)8-14(7-11)18-21(19,20)15-5-4-13(9-16-3)10-17-15/h4-5,10-12,14,16,18H,6-9H2,1-3H3. The zero-order valence-corrected chi connectivity index (χ0v) is 13.8. The van der Waals surface area contributed by atoms with Crippen LogP contribution in [0.25, 0.3) is 0 Å². The van der Waals surface area contributed by atoms with Gasteiger partial charge in [-0.2, -0.15) is 0 Å². The van der Waals surface area contributed by atoms with Crippen LogP contribution in [0.2, 0.25) is 0 Å². The van der Waals surface area contributed by atoms with Crippen molar-refractivity contribution in [3.8, 4) is 0 Å². The lowest BCUT2D eigenvalue weighted by molar-refractivity contribution is 0.257. The molecule has 0 radical (unpaired) electrons. The van der Waals surface area contributed by atoms with E-state index < -0.39 is 10.0 Å².